The molecule has 2 aromatic rings. The zero-order valence-electron chi connectivity index (χ0n) is 14.1. The average molecular weight is 328 g/mol. The summed E-state index contributed by atoms with van der Waals surface area (Å²) >= 11 is 0. The van der Waals surface area contributed by atoms with Crippen LogP contribution in [0.1, 0.15) is 37.8 Å². The van der Waals surface area contributed by atoms with Crippen LogP contribution in [-0.4, -0.2) is 17.3 Å². The van der Waals surface area contributed by atoms with Gasteiger partial charge in [0.2, 0.25) is 0 Å². The van der Waals surface area contributed by atoms with Crippen LogP contribution in [0.15, 0.2) is 22.7 Å². The van der Waals surface area contributed by atoms with Crippen LogP contribution in [0.2, 0.25) is 0 Å². The summed E-state index contributed by atoms with van der Waals surface area (Å²) in [6, 6.07) is 6.45. The van der Waals surface area contributed by atoms with Crippen molar-refractivity contribution in [2.45, 2.75) is 40.2 Å². The number of benzene rings is 1. The molecule has 0 aliphatic heterocycles. The number of rotatable bonds is 5. The third-order valence-corrected chi connectivity index (χ3v) is 3.23. The number of nitriles is 1. The number of ether oxygens (including phenoxy) is 1. The molecule has 0 aliphatic rings. The van der Waals surface area contributed by atoms with Crippen molar-refractivity contribution in [2.75, 3.05) is 10.6 Å². The molecule has 7 nitrogen and oxygen atoms in total. The Bertz CT molecular complexity index is 775. The highest BCUT2D eigenvalue weighted by Gasteiger charge is 2.16. The van der Waals surface area contributed by atoms with Crippen molar-refractivity contribution in [3.05, 3.63) is 35.2 Å². The summed E-state index contributed by atoms with van der Waals surface area (Å²) in [5.74, 6) is 1.03. The summed E-state index contributed by atoms with van der Waals surface area (Å²) in [4.78, 5) is 12.3. The Hall–Kier alpha value is -3.01. The second-order valence-corrected chi connectivity index (χ2v) is 5.48. The highest BCUT2D eigenvalue weighted by Crippen LogP contribution is 2.27. The Balaban J connectivity index is 2.21. The van der Waals surface area contributed by atoms with E-state index < -0.39 is 6.03 Å². The van der Waals surface area contributed by atoms with Gasteiger partial charge in [0.1, 0.15) is 17.1 Å². The molecule has 0 fully saturated rings. The number of anilines is 2. The summed E-state index contributed by atoms with van der Waals surface area (Å²) < 4.78 is 10.8. The highest BCUT2D eigenvalue weighted by molar-refractivity contribution is 6.01. The zero-order valence-corrected chi connectivity index (χ0v) is 14.1. The van der Waals surface area contributed by atoms with Crippen molar-refractivity contribution in [1.29, 1.82) is 5.26 Å². The number of aryl methyl sites for hydroxylation is 2. The number of carbonyl (C=O) groups is 1. The molecule has 1 aromatic carbocycles. The molecular weight excluding hydrogens is 308 g/mol. The lowest BCUT2D eigenvalue weighted by atomic mass is 10.2. The maximum Gasteiger partial charge on any atom is 0.323 e. The normalized spacial score (nSPS) is 10.3. The van der Waals surface area contributed by atoms with Gasteiger partial charge >= 0.3 is 6.03 Å². The minimum Gasteiger partial charge on any atom is -0.489 e. The first-order valence-corrected chi connectivity index (χ1v) is 7.68. The first-order chi connectivity index (χ1) is 11.4. The molecule has 0 atom stereocenters. The first kappa shape index (κ1) is 17.3. The second kappa shape index (κ2) is 7.51. The number of carbonyl (C=O) groups excluding carboxylic acids is 1. The van der Waals surface area contributed by atoms with Crippen LogP contribution in [0.3, 0.4) is 0 Å². The lowest BCUT2D eigenvalue weighted by Gasteiger charge is -2.15. The smallest absolute Gasteiger partial charge is 0.323 e. The molecule has 126 valence electrons. The summed E-state index contributed by atoms with van der Waals surface area (Å²) in [5, 5.41) is 18.4. The molecule has 0 unspecified atom stereocenters. The molecule has 1 heterocycles. The molecule has 0 radical (unpaired) electrons. The second-order valence-electron chi connectivity index (χ2n) is 5.48. The molecule has 0 aliphatic carbocycles. The lowest BCUT2D eigenvalue weighted by Crippen LogP contribution is -2.21. The number of aromatic nitrogens is 1. The van der Waals surface area contributed by atoms with Gasteiger partial charge in [0.15, 0.2) is 5.76 Å². The van der Waals surface area contributed by atoms with E-state index in [2.05, 4.69) is 15.8 Å². The predicted molar refractivity (Wildman–Crippen MR) is 90.2 cm³/mol. The molecule has 2 amide bonds. The average Bonchev–Trinajstić information content (AvgIpc) is 2.88. The fraction of sp³-hybridized carbons (Fsp3) is 0.353. The van der Waals surface area contributed by atoms with Crippen molar-refractivity contribution >= 4 is 17.4 Å². The summed E-state index contributed by atoms with van der Waals surface area (Å²) in [7, 11) is 0. The van der Waals surface area contributed by atoms with E-state index in [0.29, 0.717) is 40.6 Å². The van der Waals surface area contributed by atoms with E-state index in [9.17, 15) is 4.79 Å². The van der Waals surface area contributed by atoms with Gasteiger partial charge in [-0.3, -0.25) is 0 Å². The quantitative estimate of drug-likeness (QED) is 0.868. The molecule has 1 aromatic heterocycles. The van der Waals surface area contributed by atoms with E-state index in [4.69, 9.17) is 14.5 Å². The van der Waals surface area contributed by atoms with Crippen molar-refractivity contribution < 1.29 is 14.1 Å². The minimum atomic E-state index is -0.459. The SMILES string of the molecule is CCc1noc(C)c1NC(=O)Nc1cc(C#N)ccc1OC(C)C. The maximum absolute atomic E-state index is 12.3. The van der Waals surface area contributed by atoms with Gasteiger partial charge in [0.25, 0.3) is 0 Å². The summed E-state index contributed by atoms with van der Waals surface area (Å²) in [5.41, 5.74) is 2.08. The topological polar surface area (TPSA) is 100 Å². The summed E-state index contributed by atoms with van der Waals surface area (Å²) in [6.45, 7) is 7.42. The van der Waals surface area contributed by atoms with Crippen LogP contribution in [-0.2, 0) is 6.42 Å². The zero-order chi connectivity index (χ0) is 17.7. The standard InChI is InChI=1S/C17H20N4O3/c1-5-13-16(11(4)24-21-13)20-17(22)19-14-8-12(9-18)6-7-15(14)23-10(2)3/h6-8,10H,5H2,1-4H3,(H2,19,20,22). The molecule has 0 spiro atoms. The largest absolute Gasteiger partial charge is 0.489 e. The van der Waals surface area contributed by atoms with Crippen LogP contribution in [0.4, 0.5) is 16.2 Å². The number of urea groups is 1. The Morgan fingerprint density at radius 1 is 1.42 bits per heavy atom. The maximum atomic E-state index is 12.3. The first-order valence-electron chi connectivity index (χ1n) is 7.68. The molecular formula is C17H20N4O3. The third kappa shape index (κ3) is 4.04. The fourth-order valence-electron chi connectivity index (χ4n) is 2.14. The van der Waals surface area contributed by atoms with E-state index in [1.165, 1.54) is 0 Å². The molecule has 0 saturated carbocycles. The predicted octanol–water partition coefficient (Wildman–Crippen LogP) is 3.85. The van der Waals surface area contributed by atoms with Gasteiger partial charge in [-0.05, 0) is 45.4 Å². The van der Waals surface area contributed by atoms with Crippen molar-refractivity contribution in [3.63, 3.8) is 0 Å². The van der Waals surface area contributed by atoms with Gasteiger partial charge in [-0.1, -0.05) is 12.1 Å². The van der Waals surface area contributed by atoms with E-state index >= 15 is 0 Å². The number of hydrogen-bond acceptors (Lipinski definition) is 5. The van der Waals surface area contributed by atoms with Crippen LogP contribution in [0.5, 0.6) is 5.75 Å². The van der Waals surface area contributed by atoms with Crippen LogP contribution in [0, 0.1) is 18.3 Å². The molecule has 2 N–H and O–H groups in total. The van der Waals surface area contributed by atoms with Crippen LogP contribution >= 0.6 is 0 Å². The van der Waals surface area contributed by atoms with Gasteiger partial charge in [0.05, 0.1) is 23.4 Å². The van der Waals surface area contributed by atoms with Crippen molar-refractivity contribution in [2.24, 2.45) is 0 Å². The van der Waals surface area contributed by atoms with Gasteiger partial charge < -0.3 is 19.9 Å². The van der Waals surface area contributed by atoms with Crippen molar-refractivity contribution in [1.82, 2.24) is 5.16 Å². The van der Waals surface area contributed by atoms with E-state index in [-0.39, 0.29) is 6.10 Å². The Morgan fingerprint density at radius 3 is 2.79 bits per heavy atom. The van der Waals surface area contributed by atoms with Crippen molar-refractivity contribution in [3.8, 4) is 11.8 Å². The molecule has 7 heteroatoms. The Labute approximate surface area is 140 Å². The van der Waals surface area contributed by atoms with E-state index in [1.54, 1.807) is 25.1 Å². The molecule has 0 saturated heterocycles. The van der Waals surface area contributed by atoms with Gasteiger partial charge in [-0.2, -0.15) is 5.26 Å². The number of nitrogens with one attached hydrogen (secondary N) is 2. The van der Waals surface area contributed by atoms with Gasteiger partial charge in [0, 0.05) is 0 Å². The Morgan fingerprint density at radius 2 is 2.17 bits per heavy atom. The van der Waals surface area contributed by atoms with Crippen LogP contribution < -0.4 is 15.4 Å². The fourth-order valence-corrected chi connectivity index (χ4v) is 2.14. The number of nitrogens with zero attached hydrogens (tertiary/aromatic N) is 2. The Kier molecular flexibility index (Phi) is 5.42. The monoisotopic (exact) mass is 328 g/mol. The van der Waals surface area contributed by atoms with E-state index in [0.717, 1.165) is 0 Å². The molecule has 2 rings (SSSR count). The lowest BCUT2D eigenvalue weighted by molar-refractivity contribution is 0.243. The van der Waals surface area contributed by atoms with E-state index in [1.807, 2.05) is 26.8 Å². The summed E-state index contributed by atoms with van der Waals surface area (Å²) in [6.07, 6.45) is 0.576. The third-order valence-electron chi connectivity index (χ3n) is 3.23. The minimum absolute atomic E-state index is 0.0615. The van der Waals surface area contributed by atoms with Gasteiger partial charge in [-0.15, -0.1) is 0 Å². The molecule has 24 heavy (non-hydrogen) atoms. The molecule has 0 bridgehead atoms. The highest BCUT2D eigenvalue weighted by atomic mass is 16.5. The number of amides is 2. The number of hydrogen-bond donors (Lipinski definition) is 2. The van der Waals surface area contributed by atoms with Crippen LogP contribution in [0.25, 0.3) is 0 Å². The van der Waals surface area contributed by atoms with Gasteiger partial charge in [-0.25, -0.2) is 4.79 Å².